The van der Waals surface area contributed by atoms with Gasteiger partial charge in [-0.15, -0.1) is 0 Å². The van der Waals surface area contributed by atoms with Crippen molar-refractivity contribution in [2.75, 3.05) is 13.7 Å². The van der Waals surface area contributed by atoms with Gasteiger partial charge in [-0.25, -0.2) is 0 Å². The fourth-order valence-electron chi connectivity index (χ4n) is 1.54. The van der Waals surface area contributed by atoms with Crippen LogP contribution in [0.5, 0.6) is 5.75 Å². The maximum absolute atomic E-state index is 10.7. The molecule has 1 aromatic carbocycles. The predicted molar refractivity (Wildman–Crippen MR) is 68.4 cm³/mol. The normalized spacial score (nSPS) is 9.94. The van der Waals surface area contributed by atoms with Crippen LogP contribution in [0.15, 0.2) is 18.2 Å². The van der Waals surface area contributed by atoms with Crippen molar-refractivity contribution in [2.45, 2.75) is 19.8 Å². The Morgan fingerprint density at radius 3 is 2.81 bits per heavy atom. The van der Waals surface area contributed by atoms with E-state index in [-0.39, 0.29) is 4.82 Å². The van der Waals surface area contributed by atoms with Gasteiger partial charge in [-0.1, -0.05) is 19.1 Å². The van der Waals surface area contributed by atoms with Gasteiger partial charge in [0, 0.05) is 22.5 Å². The summed E-state index contributed by atoms with van der Waals surface area (Å²) in [5, 5.41) is 2.70. The third-order valence-electron chi connectivity index (χ3n) is 2.41. The van der Waals surface area contributed by atoms with E-state index < -0.39 is 0 Å². The zero-order chi connectivity index (χ0) is 12.0. The Labute approximate surface area is 104 Å². The van der Waals surface area contributed by atoms with Crippen LogP contribution >= 0.6 is 15.9 Å². The third-order valence-corrected chi connectivity index (χ3v) is 2.69. The maximum atomic E-state index is 10.7. The molecule has 88 valence electrons. The molecule has 1 aromatic rings. The van der Waals surface area contributed by atoms with E-state index in [0.29, 0.717) is 6.54 Å². The van der Waals surface area contributed by atoms with Crippen LogP contribution < -0.4 is 10.1 Å². The van der Waals surface area contributed by atoms with Crippen molar-refractivity contribution in [1.29, 1.82) is 0 Å². The Balaban J connectivity index is 2.71. The lowest BCUT2D eigenvalue weighted by Gasteiger charge is -2.10. The van der Waals surface area contributed by atoms with Gasteiger partial charge in [0.15, 0.2) is 0 Å². The Morgan fingerprint density at radius 2 is 2.25 bits per heavy atom. The first-order valence-corrected chi connectivity index (χ1v) is 6.05. The first kappa shape index (κ1) is 13.0. The van der Waals surface area contributed by atoms with E-state index in [0.717, 1.165) is 24.2 Å². The number of methoxy groups -OCH3 is 1. The van der Waals surface area contributed by atoms with E-state index in [4.69, 9.17) is 4.74 Å². The van der Waals surface area contributed by atoms with Crippen LogP contribution in [0.2, 0.25) is 0 Å². The van der Waals surface area contributed by atoms with Gasteiger partial charge >= 0.3 is 0 Å². The van der Waals surface area contributed by atoms with Gasteiger partial charge in [-0.05, 0) is 30.0 Å². The van der Waals surface area contributed by atoms with Gasteiger partial charge in [-0.3, -0.25) is 4.79 Å². The molecule has 0 atom stereocenters. The molecule has 1 rings (SSSR count). The molecule has 0 saturated heterocycles. The van der Waals surface area contributed by atoms with Crippen molar-refractivity contribution in [3.63, 3.8) is 0 Å². The fourth-order valence-corrected chi connectivity index (χ4v) is 1.74. The van der Waals surface area contributed by atoms with Gasteiger partial charge in [0.25, 0.3) is 4.82 Å². The van der Waals surface area contributed by atoms with Crippen LogP contribution in [-0.4, -0.2) is 18.5 Å². The zero-order valence-corrected chi connectivity index (χ0v) is 11.1. The van der Waals surface area contributed by atoms with Crippen molar-refractivity contribution in [1.82, 2.24) is 5.32 Å². The number of carbonyl (C=O) groups excluding carboxylic acids is 1. The van der Waals surface area contributed by atoms with E-state index in [9.17, 15) is 4.79 Å². The Bertz CT molecular complexity index is 366. The van der Waals surface area contributed by atoms with Crippen LogP contribution in [-0.2, 0) is 12.8 Å². The predicted octanol–water partition coefficient (Wildman–Crippen LogP) is 2.90. The number of halogens is 1. The summed E-state index contributed by atoms with van der Waals surface area (Å²) >= 11 is 2.83. The van der Waals surface area contributed by atoms with Crippen LogP contribution in [0, 0.1) is 0 Å². The summed E-state index contributed by atoms with van der Waals surface area (Å²) in [6.07, 6.45) is 1.77. The highest BCUT2D eigenvalue weighted by atomic mass is 79.9. The lowest BCUT2D eigenvalue weighted by atomic mass is 10.1. The molecule has 1 amide bonds. The molecule has 0 bridgehead atoms. The molecule has 0 spiro atoms. The lowest BCUT2D eigenvalue weighted by molar-refractivity contribution is 0.262. The number of hydrogen-bond donors (Lipinski definition) is 1. The Kier molecular flexibility index (Phi) is 5.32. The van der Waals surface area contributed by atoms with E-state index in [2.05, 4.69) is 40.3 Å². The number of benzene rings is 1. The second-order valence-electron chi connectivity index (χ2n) is 3.45. The standard InChI is InChI=1S/C12H16BrNO2/c1-3-9-4-5-11(16-2)10(8-9)6-7-14-12(13)15/h4-5,8H,3,6-7H2,1-2H3,(H,14,15). The highest BCUT2D eigenvalue weighted by Gasteiger charge is 2.04. The minimum Gasteiger partial charge on any atom is -0.496 e. The zero-order valence-electron chi connectivity index (χ0n) is 9.55. The fraction of sp³-hybridized carbons (Fsp3) is 0.417. The molecular formula is C12H16BrNO2. The molecule has 1 N–H and O–H groups in total. The second-order valence-corrected chi connectivity index (χ2v) is 4.17. The van der Waals surface area contributed by atoms with E-state index in [1.54, 1.807) is 7.11 Å². The third kappa shape index (κ3) is 3.85. The summed E-state index contributed by atoms with van der Waals surface area (Å²) < 4.78 is 5.28. The molecule has 0 heterocycles. The minimum absolute atomic E-state index is 0.182. The summed E-state index contributed by atoms with van der Waals surface area (Å²) in [5.74, 6) is 0.876. The van der Waals surface area contributed by atoms with Crippen molar-refractivity contribution < 1.29 is 9.53 Å². The van der Waals surface area contributed by atoms with Crippen LogP contribution in [0.25, 0.3) is 0 Å². The molecule has 0 unspecified atom stereocenters. The van der Waals surface area contributed by atoms with Crippen molar-refractivity contribution in [3.8, 4) is 5.75 Å². The molecule has 0 aliphatic heterocycles. The largest absolute Gasteiger partial charge is 0.496 e. The monoisotopic (exact) mass is 285 g/mol. The number of aryl methyl sites for hydroxylation is 1. The topological polar surface area (TPSA) is 38.3 Å². The first-order chi connectivity index (χ1) is 7.67. The molecule has 0 radical (unpaired) electrons. The van der Waals surface area contributed by atoms with E-state index >= 15 is 0 Å². The van der Waals surface area contributed by atoms with Gasteiger partial charge in [0.05, 0.1) is 7.11 Å². The molecule has 3 nitrogen and oxygen atoms in total. The minimum atomic E-state index is -0.182. The smallest absolute Gasteiger partial charge is 0.287 e. The van der Waals surface area contributed by atoms with E-state index in [1.165, 1.54) is 5.56 Å². The van der Waals surface area contributed by atoms with Gasteiger partial charge in [0.2, 0.25) is 0 Å². The SMILES string of the molecule is CCc1ccc(OC)c(CCNC(=O)Br)c1. The summed E-state index contributed by atoms with van der Waals surface area (Å²) in [5.41, 5.74) is 2.41. The van der Waals surface area contributed by atoms with Gasteiger partial charge in [-0.2, -0.15) is 0 Å². The van der Waals surface area contributed by atoms with Crippen LogP contribution in [0.1, 0.15) is 18.1 Å². The maximum Gasteiger partial charge on any atom is 0.287 e. The molecule has 16 heavy (non-hydrogen) atoms. The number of nitrogens with one attached hydrogen (secondary N) is 1. The molecule has 0 aromatic heterocycles. The number of ether oxygens (including phenoxy) is 1. The Morgan fingerprint density at radius 1 is 1.50 bits per heavy atom. The molecule has 4 heteroatoms. The summed E-state index contributed by atoms with van der Waals surface area (Å²) in [4.78, 5) is 10.5. The molecular weight excluding hydrogens is 270 g/mol. The van der Waals surface area contributed by atoms with Crippen molar-refractivity contribution in [2.24, 2.45) is 0 Å². The van der Waals surface area contributed by atoms with Crippen molar-refractivity contribution >= 4 is 20.7 Å². The molecule has 0 saturated carbocycles. The highest BCUT2D eigenvalue weighted by Crippen LogP contribution is 2.20. The van der Waals surface area contributed by atoms with Crippen LogP contribution in [0.4, 0.5) is 4.79 Å². The molecule has 0 aliphatic rings. The van der Waals surface area contributed by atoms with E-state index in [1.807, 2.05) is 6.07 Å². The highest BCUT2D eigenvalue weighted by molar-refractivity contribution is 9.18. The summed E-state index contributed by atoms with van der Waals surface area (Å²) in [6, 6.07) is 6.16. The van der Waals surface area contributed by atoms with Crippen LogP contribution in [0.3, 0.4) is 0 Å². The average Bonchev–Trinajstić information content (AvgIpc) is 2.28. The average molecular weight is 286 g/mol. The lowest BCUT2D eigenvalue weighted by Crippen LogP contribution is -2.19. The second kappa shape index (κ2) is 6.53. The first-order valence-electron chi connectivity index (χ1n) is 5.26. The number of hydrogen-bond acceptors (Lipinski definition) is 2. The summed E-state index contributed by atoms with van der Waals surface area (Å²) in [6.45, 7) is 2.72. The number of carbonyl (C=O) groups is 1. The summed E-state index contributed by atoms with van der Waals surface area (Å²) in [7, 11) is 1.66. The van der Waals surface area contributed by atoms with Gasteiger partial charge in [0.1, 0.15) is 5.75 Å². The molecule has 0 aliphatic carbocycles. The number of rotatable bonds is 5. The van der Waals surface area contributed by atoms with Crippen molar-refractivity contribution in [3.05, 3.63) is 29.3 Å². The number of amides is 1. The quantitative estimate of drug-likeness (QED) is 0.667. The van der Waals surface area contributed by atoms with Gasteiger partial charge < -0.3 is 10.1 Å². The molecule has 0 fully saturated rings. The Hall–Kier alpha value is -1.03.